The first-order valence-corrected chi connectivity index (χ1v) is 9.70. The predicted molar refractivity (Wildman–Crippen MR) is 108 cm³/mol. The fourth-order valence-electron chi connectivity index (χ4n) is 3.28. The molecular weight excluding hydrogens is 362 g/mol. The predicted octanol–water partition coefficient (Wildman–Crippen LogP) is 4.32. The van der Waals surface area contributed by atoms with Crippen LogP contribution in [0, 0.1) is 5.92 Å². The Bertz CT molecular complexity index is 884. The fraction of sp³-hybridized carbons (Fsp3) is 0.333. The lowest BCUT2D eigenvalue weighted by atomic mass is 9.88. The van der Waals surface area contributed by atoms with Gasteiger partial charge in [0, 0.05) is 16.5 Å². The molecule has 1 heterocycles. The number of benzene rings is 1. The van der Waals surface area contributed by atoms with Crippen molar-refractivity contribution in [2.45, 2.75) is 26.2 Å². The second kappa shape index (κ2) is 8.39. The molecule has 0 fully saturated rings. The van der Waals surface area contributed by atoms with Gasteiger partial charge < -0.3 is 14.8 Å². The molecule has 0 radical (unpaired) electrons. The van der Waals surface area contributed by atoms with Gasteiger partial charge in [0.25, 0.3) is 0 Å². The number of esters is 1. The monoisotopic (exact) mass is 385 g/mol. The van der Waals surface area contributed by atoms with Gasteiger partial charge in [0.05, 0.1) is 19.8 Å². The van der Waals surface area contributed by atoms with E-state index in [-0.39, 0.29) is 5.91 Å². The number of hydrogen-bond donors (Lipinski definition) is 1. The average Bonchev–Trinajstić information content (AvgIpc) is 3.02. The lowest BCUT2D eigenvalue weighted by Crippen LogP contribution is -2.14. The number of ether oxygens (including phenoxy) is 2. The van der Waals surface area contributed by atoms with Crippen LogP contribution in [0.3, 0.4) is 0 Å². The Morgan fingerprint density at radius 2 is 2.04 bits per heavy atom. The van der Waals surface area contributed by atoms with Gasteiger partial charge in [0.1, 0.15) is 10.8 Å². The number of fused-ring (bicyclic) bond motifs is 1. The Kier molecular flexibility index (Phi) is 5.96. The number of nitrogens with one attached hydrogen (secondary N) is 1. The summed E-state index contributed by atoms with van der Waals surface area (Å²) in [7, 11) is 2.96. The maximum absolute atomic E-state index is 12.4. The number of thiophene rings is 1. The molecule has 1 aliphatic rings. The number of rotatable bonds is 5. The van der Waals surface area contributed by atoms with Crippen LogP contribution in [-0.4, -0.2) is 26.1 Å². The molecule has 142 valence electrons. The lowest BCUT2D eigenvalue weighted by Gasteiger charge is -2.18. The van der Waals surface area contributed by atoms with Crippen LogP contribution in [0.15, 0.2) is 30.3 Å². The minimum atomic E-state index is -0.397. The molecule has 1 aromatic heterocycles. The van der Waals surface area contributed by atoms with Crippen molar-refractivity contribution >= 4 is 34.3 Å². The van der Waals surface area contributed by atoms with E-state index in [0.29, 0.717) is 22.2 Å². The Labute approximate surface area is 163 Å². The normalized spacial score (nSPS) is 16.0. The maximum atomic E-state index is 12.4. The number of hydrogen-bond acceptors (Lipinski definition) is 5. The van der Waals surface area contributed by atoms with Gasteiger partial charge in [-0.3, -0.25) is 4.79 Å². The molecule has 0 saturated heterocycles. The van der Waals surface area contributed by atoms with Gasteiger partial charge in [-0.05, 0) is 42.9 Å². The van der Waals surface area contributed by atoms with Crippen molar-refractivity contribution in [1.82, 2.24) is 0 Å². The number of amides is 1. The summed E-state index contributed by atoms with van der Waals surface area (Å²) in [6.45, 7) is 2.20. The molecule has 1 amide bonds. The van der Waals surface area contributed by atoms with E-state index in [9.17, 15) is 9.59 Å². The number of carbonyl (C=O) groups is 2. The second-order valence-electron chi connectivity index (χ2n) is 6.61. The molecule has 5 nitrogen and oxygen atoms in total. The molecule has 0 saturated carbocycles. The van der Waals surface area contributed by atoms with Gasteiger partial charge in [-0.1, -0.05) is 25.1 Å². The summed E-state index contributed by atoms with van der Waals surface area (Å²) >= 11 is 1.48. The molecule has 3 rings (SSSR count). The van der Waals surface area contributed by atoms with Crippen LogP contribution in [0.2, 0.25) is 0 Å². The SMILES string of the molecule is COC(=O)c1c(NC(=O)/C=C\c2ccccc2OC)sc2c1CC[C@H](C)C2. The standard InChI is InChI=1S/C21H23NO4S/c1-13-8-10-15-17(12-13)27-20(19(15)21(24)26-3)22-18(23)11-9-14-6-4-5-7-16(14)25-2/h4-7,9,11,13H,8,10,12H2,1-3H3,(H,22,23)/b11-9-/t13-/m0/s1. The molecule has 0 aliphatic heterocycles. The number of para-hydroxylation sites is 1. The van der Waals surface area contributed by atoms with Gasteiger partial charge in [-0.15, -0.1) is 11.3 Å². The van der Waals surface area contributed by atoms with E-state index in [2.05, 4.69) is 12.2 Å². The largest absolute Gasteiger partial charge is 0.496 e. The first-order chi connectivity index (χ1) is 13.0. The van der Waals surface area contributed by atoms with Crippen LogP contribution >= 0.6 is 11.3 Å². The summed E-state index contributed by atoms with van der Waals surface area (Å²) in [4.78, 5) is 25.9. The molecular formula is C21H23NO4S. The van der Waals surface area contributed by atoms with E-state index in [1.165, 1.54) is 24.5 Å². The Hall–Kier alpha value is -2.60. The van der Waals surface area contributed by atoms with Crippen molar-refractivity contribution < 1.29 is 19.1 Å². The van der Waals surface area contributed by atoms with Crippen LogP contribution < -0.4 is 10.1 Å². The first kappa shape index (κ1) is 19.2. The van der Waals surface area contributed by atoms with Crippen molar-refractivity contribution in [3.8, 4) is 5.75 Å². The highest BCUT2D eigenvalue weighted by molar-refractivity contribution is 7.17. The number of anilines is 1. The smallest absolute Gasteiger partial charge is 0.341 e. The van der Waals surface area contributed by atoms with Gasteiger partial charge in [0.2, 0.25) is 5.91 Å². The molecule has 2 aromatic rings. The zero-order chi connectivity index (χ0) is 19.4. The zero-order valence-corrected chi connectivity index (χ0v) is 16.5. The van der Waals surface area contributed by atoms with Crippen molar-refractivity contribution in [2.75, 3.05) is 19.5 Å². The third-order valence-corrected chi connectivity index (χ3v) is 5.86. The topological polar surface area (TPSA) is 64.6 Å². The molecule has 0 unspecified atom stereocenters. The highest BCUT2D eigenvalue weighted by Gasteiger charge is 2.28. The summed E-state index contributed by atoms with van der Waals surface area (Å²) in [6, 6.07) is 7.45. The number of methoxy groups -OCH3 is 2. The van der Waals surface area contributed by atoms with Crippen LogP contribution in [0.5, 0.6) is 5.75 Å². The number of carbonyl (C=O) groups excluding carboxylic acids is 2. The third kappa shape index (κ3) is 4.22. The molecule has 6 heteroatoms. The van der Waals surface area contributed by atoms with E-state index in [1.807, 2.05) is 24.3 Å². The Morgan fingerprint density at radius 1 is 1.26 bits per heavy atom. The van der Waals surface area contributed by atoms with E-state index in [4.69, 9.17) is 9.47 Å². The second-order valence-corrected chi connectivity index (χ2v) is 7.72. The molecule has 1 N–H and O–H groups in total. The van der Waals surface area contributed by atoms with Gasteiger partial charge >= 0.3 is 5.97 Å². The molecule has 1 aromatic carbocycles. The van der Waals surface area contributed by atoms with E-state index in [0.717, 1.165) is 35.3 Å². The van der Waals surface area contributed by atoms with E-state index in [1.54, 1.807) is 13.2 Å². The summed E-state index contributed by atoms with van der Waals surface area (Å²) in [5.41, 5.74) is 2.33. The van der Waals surface area contributed by atoms with Crippen molar-refractivity contribution in [1.29, 1.82) is 0 Å². The molecule has 1 atom stereocenters. The fourth-order valence-corrected chi connectivity index (χ4v) is 4.68. The Morgan fingerprint density at radius 3 is 2.78 bits per heavy atom. The highest BCUT2D eigenvalue weighted by Crippen LogP contribution is 2.40. The van der Waals surface area contributed by atoms with Crippen LogP contribution in [0.4, 0.5) is 5.00 Å². The van der Waals surface area contributed by atoms with Crippen LogP contribution in [0.1, 0.15) is 39.7 Å². The third-order valence-electron chi connectivity index (χ3n) is 4.69. The summed E-state index contributed by atoms with van der Waals surface area (Å²) in [6.07, 6.45) is 5.94. The molecule has 0 bridgehead atoms. The van der Waals surface area contributed by atoms with E-state index < -0.39 is 5.97 Å². The average molecular weight is 385 g/mol. The minimum Gasteiger partial charge on any atom is -0.496 e. The maximum Gasteiger partial charge on any atom is 0.341 e. The van der Waals surface area contributed by atoms with Crippen molar-refractivity contribution in [2.24, 2.45) is 5.92 Å². The van der Waals surface area contributed by atoms with Crippen molar-refractivity contribution in [3.05, 3.63) is 51.9 Å². The highest BCUT2D eigenvalue weighted by atomic mass is 32.1. The van der Waals surface area contributed by atoms with Crippen molar-refractivity contribution in [3.63, 3.8) is 0 Å². The summed E-state index contributed by atoms with van der Waals surface area (Å²) < 4.78 is 10.2. The quantitative estimate of drug-likeness (QED) is 0.615. The molecule has 27 heavy (non-hydrogen) atoms. The van der Waals surface area contributed by atoms with Crippen LogP contribution in [-0.2, 0) is 22.4 Å². The van der Waals surface area contributed by atoms with E-state index >= 15 is 0 Å². The minimum absolute atomic E-state index is 0.294. The van der Waals surface area contributed by atoms with Gasteiger partial charge in [-0.2, -0.15) is 0 Å². The molecule has 1 aliphatic carbocycles. The Balaban J connectivity index is 1.83. The van der Waals surface area contributed by atoms with Gasteiger partial charge in [-0.25, -0.2) is 4.79 Å². The van der Waals surface area contributed by atoms with Gasteiger partial charge in [0.15, 0.2) is 0 Å². The lowest BCUT2D eigenvalue weighted by molar-refractivity contribution is -0.111. The first-order valence-electron chi connectivity index (χ1n) is 8.88. The summed E-state index contributed by atoms with van der Waals surface area (Å²) in [5.74, 6) is 0.580. The summed E-state index contributed by atoms with van der Waals surface area (Å²) in [5, 5.41) is 3.42. The van der Waals surface area contributed by atoms with Crippen LogP contribution in [0.25, 0.3) is 6.08 Å². The zero-order valence-electron chi connectivity index (χ0n) is 15.7. The molecule has 0 spiro atoms.